The minimum atomic E-state index is 0.206. The zero-order valence-electron chi connectivity index (χ0n) is 16.9. The third kappa shape index (κ3) is 7.84. The molecular weight excluding hydrogens is 409 g/mol. The molecule has 0 N–H and O–H groups in total. The lowest BCUT2D eigenvalue weighted by molar-refractivity contribution is 0.159. The number of hydrogen-bond acceptors (Lipinski definition) is 4. The number of rotatable bonds is 10. The van der Waals surface area contributed by atoms with Crippen molar-refractivity contribution in [2.45, 2.75) is 20.8 Å². The van der Waals surface area contributed by atoms with Crippen molar-refractivity contribution in [1.29, 1.82) is 0 Å². The average molecular weight is 434 g/mol. The predicted molar refractivity (Wildman–Crippen MR) is 121 cm³/mol. The number of halogens is 2. The van der Waals surface area contributed by atoms with E-state index in [1.54, 1.807) is 12.1 Å². The molecule has 2 rings (SSSR count). The fourth-order valence-electron chi connectivity index (χ4n) is 2.23. The highest BCUT2D eigenvalue weighted by Crippen LogP contribution is 2.37. The monoisotopic (exact) mass is 433 g/mol. The summed E-state index contributed by atoms with van der Waals surface area (Å²) in [4.78, 5) is 5.36. The van der Waals surface area contributed by atoms with Gasteiger partial charge in [0, 0.05) is 12.1 Å². The summed E-state index contributed by atoms with van der Waals surface area (Å²) < 4.78 is 11.3. The van der Waals surface area contributed by atoms with Gasteiger partial charge in [0.1, 0.15) is 25.6 Å². The van der Waals surface area contributed by atoms with Crippen LogP contribution >= 0.6 is 23.2 Å². The predicted octanol–water partition coefficient (Wildman–Crippen LogP) is 6.71. The second-order valence-corrected chi connectivity index (χ2v) is 7.48. The molecule has 2 aromatic rings. The van der Waals surface area contributed by atoms with Gasteiger partial charge < -0.3 is 14.3 Å². The van der Waals surface area contributed by atoms with Gasteiger partial charge in [-0.2, -0.15) is 0 Å². The van der Waals surface area contributed by atoms with Crippen molar-refractivity contribution in [3.63, 3.8) is 0 Å². The summed E-state index contributed by atoms with van der Waals surface area (Å²) in [6.45, 7) is 10.7. The Morgan fingerprint density at radius 2 is 1.66 bits per heavy atom. The molecule has 0 aliphatic carbocycles. The van der Waals surface area contributed by atoms with Crippen LogP contribution in [0.2, 0.25) is 10.0 Å². The third-order valence-corrected chi connectivity index (χ3v) is 4.36. The Hall–Kier alpha value is -2.43. The van der Waals surface area contributed by atoms with E-state index in [1.807, 2.05) is 57.2 Å². The van der Waals surface area contributed by atoms with Crippen molar-refractivity contribution in [3.05, 3.63) is 81.9 Å². The van der Waals surface area contributed by atoms with E-state index in [4.69, 9.17) is 37.5 Å². The maximum absolute atomic E-state index is 6.29. The summed E-state index contributed by atoms with van der Waals surface area (Å²) in [5.41, 5.74) is 3.66. The average Bonchev–Trinajstić information content (AvgIpc) is 2.67. The molecule has 0 radical (unpaired) electrons. The highest BCUT2D eigenvalue weighted by molar-refractivity contribution is 6.37. The molecule has 0 saturated heterocycles. The van der Waals surface area contributed by atoms with Crippen LogP contribution in [0.4, 0.5) is 0 Å². The van der Waals surface area contributed by atoms with Gasteiger partial charge in [0.05, 0.1) is 15.8 Å². The Morgan fingerprint density at radius 3 is 2.28 bits per heavy atom. The largest absolute Gasteiger partial charge is 0.489 e. The maximum Gasteiger partial charge on any atom is 0.157 e. The van der Waals surface area contributed by atoms with E-state index in [1.165, 1.54) is 5.57 Å². The van der Waals surface area contributed by atoms with Crippen molar-refractivity contribution in [1.82, 2.24) is 0 Å². The molecule has 0 unspecified atom stereocenters. The number of oxime groups is 1. The van der Waals surface area contributed by atoms with Crippen LogP contribution in [0.15, 0.2) is 71.4 Å². The zero-order chi connectivity index (χ0) is 21.2. The van der Waals surface area contributed by atoms with Gasteiger partial charge in [-0.05, 0) is 38.0 Å². The number of ether oxygens (including phenoxy) is 2. The maximum atomic E-state index is 6.29. The molecule has 0 aliphatic rings. The van der Waals surface area contributed by atoms with E-state index in [-0.39, 0.29) is 13.2 Å². The van der Waals surface area contributed by atoms with Crippen molar-refractivity contribution in [2.75, 3.05) is 19.8 Å². The van der Waals surface area contributed by atoms with E-state index >= 15 is 0 Å². The summed E-state index contributed by atoms with van der Waals surface area (Å²) in [7, 11) is 0. The Labute approximate surface area is 182 Å². The lowest BCUT2D eigenvalue weighted by Gasteiger charge is -2.13. The Morgan fingerprint density at radius 1 is 1.00 bits per heavy atom. The first kappa shape index (κ1) is 22.9. The molecule has 0 aliphatic heterocycles. The first-order chi connectivity index (χ1) is 13.9. The Bertz CT molecular complexity index is 865. The van der Waals surface area contributed by atoms with Gasteiger partial charge in [0.15, 0.2) is 5.75 Å². The zero-order valence-corrected chi connectivity index (χ0v) is 18.4. The molecule has 0 spiro atoms. The summed E-state index contributed by atoms with van der Waals surface area (Å²) >= 11 is 12.6. The molecule has 0 atom stereocenters. The van der Waals surface area contributed by atoms with Crippen LogP contribution in [0.5, 0.6) is 11.5 Å². The second kappa shape index (κ2) is 11.5. The second-order valence-electron chi connectivity index (χ2n) is 6.66. The van der Waals surface area contributed by atoms with Gasteiger partial charge in [0.25, 0.3) is 0 Å². The molecule has 29 heavy (non-hydrogen) atoms. The highest BCUT2D eigenvalue weighted by atomic mass is 35.5. The standard InChI is InChI=1S/C23H25Cl2NO3/c1-16(2)10-11-27-20-12-21(24)23(22(25)13-20)28-14-17(3)15-29-26-18(4)19-8-6-5-7-9-19/h5-10,12-13H,3,11,14-15H2,1-2,4H3/b26-18+. The van der Waals surface area contributed by atoms with Gasteiger partial charge in [-0.3, -0.25) is 0 Å². The quantitative estimate of drug-likeness (QED) is 0.237. The number of benzene rings is 2. The van der Waals surface area contributed by atoms with Gasteiger partial charge >= 0.3 is 0 Å². The van der Waals surface area contributed by atoms with Crippen LogP contribution in [-0.2, 0) is 4.84 Å². The van der Waals surface area contributed by atoms with Crippen LogP contribution < -0.4 is 9.47 Å². The number of hydrogen-bond donors (Lipinski definition) is 0. The van der Waals surface area contributed by atoms with Gasteiger partial charge in [-0.15, -0.1) is 0 Å². The smallest absolute Gasteiger partial charge is 0.157 e. The summed E-state index contributed by atoms with van der Waals surface area (Å²) in [6.07, 6.45) is 1.97. The summed E-state index contributed by atoms with van der Waals surface area (Å²) in [6, 6.07) is 13.1. The Kier molecular flexibility index (Phi) is 9.10. The molecule has 6 heteroatoms. The molecule has 0 amide bonds. The molecule has 0 bridgehead atoms. The first-order valence-electron chi connectivity index (χ1n) is 9.13. The fraction of sp³-hybridized carbons (Fsp3) is 0.261. The molecule has 154 valence electrons. The molecule has 2 aromatic carbocycles. The Balaban J connectivity index is 1.85. The summed E-state index contributed by atoms with van der Waals surface area (Å²) in [5, 5.41) is 4.85. The molecule has 0 aromatic heterocycles. The third-order valence-electron chi connectivity index (χ3n) is 3.80. The lowest BCUT2D eigenvalue weighted by Crippen LogP contribution is -2.07. The van der Waals surface area contributed by atoms with E-state index in [0.717, 1.165) is 11.3 Å². The van der Waals surface area contributed by atoms with Crippen LogP contribution in [0.3, 0.4) is 0 Å². The minimum Gasteiger partial charge on any atom is -0.489 e. The van der Waals surface area contributed by atoms with Crippen molar-refractivity contribution >= 4 is 28.9 Å². The SMILES string of the molecule is C=C(CO/N=C(\C)c1ccccc1)COc1c(Cl)cc(OCC=C(C)C)cc1Cl. The van der Waals surface area contributed by atoms with Crippen LogP contribution in [0.1, 0.15) is 26.3 Å². The molecule has 4 nitrogen and oxygen atoms in total. The lowest BCUT2D eigenvalue weighted by atomic mass is 10.1. The van der Waals surface area contributed by atoms with Crippen molar-refractivity contribution in [3.8, 4) is 11.5 Å². The van der Waals surface area contributed by atoms with Gasteiger partial charge in [0.2, 0.25) is 0 Å². The molecule has 0 fully saturated rings. The van der Waals surface area contributed by atoms with Crippen LogP contribution in [-0.4, -0.2) is 25.5 Å². The van der Waals surface area contributed by atoms with E-state index in [2.05, 4.69) is 11.7 Å². The normalized spacial score (nSPS) is 11.0. The van der Waals surface area contributed by atoms with Crippen LogP contribution in [0, 0.1) is 0 Å². The summed E-state index contributed by atoms with van der Waals surface area (Å²) in [5.74, 6) is 0.964. The van der Waals surface area contributed by atoms with Gasteiger partial charge in [-0.25, -0.2) is 0 Å². The van der Waals surface area contributed by atoms with Crippen molar-refractivity contribution in [2.24, 2.45) is 5.16 Å². The molecular formula is C23H25Cl2NO3. The van der Waals surface area contributed by atoms with Gasteiger partial charge in [-0.1, -0.05) is 70.8 Å². The minimum absolute atomic E-state index is 0.206. The highest BCUT2D eigenvalue weighted by Gasteiger charge is 2.11. The first-order valence-corrected chi connectivity index (χ1v) is 9.89. The molecule has 0 heterocycles. The van der Waals surface area contributed by atoms with Crippen LogP contribution in [0.25, 0.3) is 0 Å². The number of allylic oxidation sites excluding steroid dienone is 1. The van der Waals surface area contributed by atoms with E-state index < -0.39 is 0 Å². The van der Waals surface area contributed by atoms with E-state index in [9.17, 15) is 0 Å². The topological polar surface area (TPSA) is 40.0 Å². The van der Waals surface area contributed by atoms with E-state index in [0.29, 0.717) is 33.7 Å². The number of nitrogens with zero attached hydrogens (tertiary/aromatic N) is 1. The van der Waals surface area contributed by atoms with Crippen molar-refractivity contribution < 1.29 is 14.3 Å². The fourth-order valence-corrected chi connectivity index (χ4v) is 2.81. The molecule has 0 saturated carbocycles.